The second-order valence-corrected chi connectivity index (χ2v) is 6.20. The average molecular weight is 348 g/mol. The molecule has 0 saturated heterocycles. The van der Waals surface area contributed by atoms with E-state index in [1.807, 2.05) is 43.3 Å². The number of aromatic nitrogens is 2. The standard InChI is InChI=1S/C21H24N4O/c1-15-7-6-9-18(13-15)24-21-23-16(2)14-20(25-21)22-12-11-17-8-4-5-10-19(17)26-3/h4-10,13-14H,11-12H2,1-3H3,(H2,22,23,24,25). The summed E-state index contributed by atoms with van der Waals surface area (Å²) in [4.78, 5) is 9.04. The van der Waals surface area contributed by atoms with Crippen molar-refractivity contribution in [3.05, 3.63) is 71.4 Å². The van der Waals surface area contributed by atoms with Crippen molar-refractivity contribution in [1.82, 2.24) is 9.97 Å². The van der Waals surface area contributed by atoms with E-state index in [0.717, 1.165) is 35.9 Å². The van der Waals surface area contributed by atoms with Gasteiger partial charge in [-0.05, 0) is 49.6 Å². The SMILES string of the molecule is COc1ccccc1CCNc1cc(C)nc(Nc2cccc(C)c2)n1. The average Bonchev–Trinajstić information content (AvgIpc) is 2.62. The quantitative estimate of drug-likeness (QED) is 0.658. The number of nitrogens with one attached hydrogen (secondary N) is 2. The molecule has 3 rings (SSSR count). The third-order valence-corrected chi connectivity index (χ3v) is 4.02. The lowest BCUT2D eigenvalue weighted by atomic mass is 10.1. The van der Waals surface area contributed by atoms with Gasteiger partial charge in [-0.15, -0.1) is 0 Å². The molecular formula is C21H24N4O. The fourth-order valence-electron chi connectivity index (χ4n) is 2.80. The van der Waals surface area contributed by atoms with Gasteiger partial charge in [0.1, 0.15) is 11.6 Å². The second-order valence-electron chi connectivity index (χ2n) is 6.20. The Balaban J connectivity index is 1.66. The number of hydrogen-bond donors (Lipinski definition) is 2. The molecule has 0 saturated carbocycles. The first kappa shape index (κ1) is 17.7. The molecule has 26 heavy (non-hydrogen) atoms. The first-order valence-electron chi connectivity index (χ1n) is 8.69. The minimum Gasteiger partial charge on any atom is -0.496 e. The summed E-state index contributed by atoms with van der Waals surface area (Å²) in [6, 6.07) is 18.2. The normalized spacial score (nSPS) is 10.4. The molecular weight excluding hydrogens is 324 g/mol. The van der Waals surface area contributed by atoms with E-state index in [9.17, 15) is 0 Å². The molecule has 5 nitrogen and oxygen atoms in total. The van der Waals surface area contributed by atoms with Gasteiger partial charge >= 0.3 is 0 Å². The zero-order chi connectivity index (χ0) is 18.4. The molecule has 0 bridgehead atoms. The highest BCUT2D eigenvalue weighted by molar-refractivity contribution is 5.56. The van der Waals surface area contributed by atoms with Crippen LogP contribution in [0.2, 0.25) is 0 Å². The van der Waals surface area contributed by atoms with Crippen LogP contribution in [0.3, 0.4) is 0 Å². The summed E-state index contributed by atoms with van der Waals surface area (Å²) >= 11 is 0. The van der Waals surface area contributed by atoms with Gasteiger partial charge in [0.25, 0.3) is 0 Å². The van der Waals surface area contributed by atoms with Crippen molar-refractivity contribution in [3.63, 3.8) is 0 Å². The van der Waals surface area contributed by atoms with Crippen LogP contribution in [-0.4, -0.2) is 23.6 Å². The van der Waals surface area contributed by atoms with Gasteiger partial charge in [-0.1, -0.05) is 30.3 Å². The predicted molar refractivity (Wildman–Crippen MR) is 106 cm³/mol. The van der Waals surface area contributed by atoms with Gasteiger partial charge in [0.05, 0.1) is 7.11 Å². The minimum atomic E-state index is 0.593. The predicted octanol–water partition coefficient (Wildman–Crippen LogP) is 4.50. The topological polar surface area (TPSA) is 59.1 Å². The van der Waals surface area contributed by atoms with Crippen LogP contribution < -0.4 is 15.4 Å². The van der Waals surface area contributed by atoms with Gasteiger partial charge in [-0.3, -0.25) is 0 Å². The number of aryl methyl sites for hydroxylation is 2. The maximum Gasteiger partial charge on any atom is 0.229 e. The number of nitrogens with zero attached hydrogens (tertiary/aromatic N) is 2. The van der Waals surface area contributed by atoms with Gasteiger partial charge in [-0.25, -0.2) is 4.98 Å². The lowest BCUT2D eigenvalue weighted by molar-refractivity contribution is 0.410. The van der Waals surface area contributed by atoms with Crippen molar-refractivity contribution in [1.29, 1.82) is 0 Å². The summed E-state index contributed by atoms with van der Waals surface area (Å²) in [5.74, 6) is 2.31. The van der Waals surface area contributed by atoms with E-state index < -0.39 is 0 Å². The molecule has 0 aliphatic heterocycles. The van der Waals surface area contributed by atoms with Crippen molar-refractivity contribution >= 4 is 17.5 Å². The highest BCUT2D eigenvalue weighted by Gasteiger charge is 2.05. The molecule has 0 radical (unpaired) electrons. The number of rotatable bonds is 7. The molecule has 0 aliphatic carbocycles. The zero-order valence-electron chi connectivity index (χ0n) is 15.4. The number of methoxy groups -OCH3 is 1. The number of anilines is 3. The molecule has 0 fully saturated rings. The first-order valence-corrected chi connectivity index (χ1v) is 8.69. The minimum absolute atomic E-state index is 0.593. The van der Waals surface area contributed by atoms with Gasteiger partial charge < -0.3 is 15.4 Å². The molecule has 3 aromatic rings. The van der Waals surface area contributed by atoms with Gasteiger partial charge in [0, 0.05) is 24.0 Å². The van der Waals surface area contributed by atoms with E-state index in [1.165, 1.54) is 11.1 Å². The van der Waals surface area contributed by atoms with E-state index in [1.54, 1.807) is 7.11 Å². The van der Waals surface area contributed by atoms with Gasteiger partial charge in [0.2, 0.25) is 5.95 Å². The summed E-state index contributed by atoms with van der Waals surface area (Å²) in [6.07, 6.45) is 0.855. The molecule has 0 aliphatic rings. The number of ether oxygens (including phenoxy) is 1. The Bertz CT molecular complexity index is 879. The molecule has 1 aromatic heterocycles. The fourth-order valence-corrected chi connectivity index (χ4v) is 2.80. The van der Waals surface area contributed by atoms with Crippen molar-refractivity contribution in [2.45, 2.75) is 20.3 Å². The van der Waals surface area contributed by atoms with Crippen LogP contribution >= 0.6 is 0 Å². The van der Waals surface area contributed by atoms with Crippen LogP contribution in [0.15, 0.2) is 54.6 Å². The molecule has 2 aromatic carbocycles. The fraction of sp³-hybridized carbons (Fsp3) is 0.238. The molecule has 0 unspecified atom stereocenters. The van der Waals surface area contributed by atoms with E-state index in [4.69, 9.17) is 4.74 Å². The monoisotopic (exact) mass is 348 g/mol. The van der Waals surface area contributed by atoms with Gasteiger partial charge in [0.15, 0.2) is 0 Å². The van der Waals surface area contributed by atoms with Gasteiger partial charge in [-0.2, -0.15) is 4.98 Å². The second kappa shape index (κ2) is 8.34. The van der Waals surface area contributed by atoms with Crippen molar-refractivity contribution in [3.8, 4) is 5.75 Å². The number of para-hydroxylation sites is 1. The van der Waals surface area contributed by atoms with Crippen molar-refractivity contribution in [2.24, 2.45) is 0 Å². The van der Waals surface area contributed by atoms with Crippen LogP contribution in [0.4, 0.5) is 17.5 Å². The summed E-state index contributed by atoms with van der Waals surface area (Å²) in [5, 5.41) is 6.65. The summed E-state index contributed by atoms with van der Waals surface area (Å²) in [6.45, 7) is 4.79. The Morgan fingerprint density at radius 1 is 0.962 bits per heavy atom. The molecule has 0 atom stereocenters. The van der Waals surface area contributed by atoms with Crippen LogP contribution in [0.1, 0.15) is 16.8 Å². The number of benzene rings is 2. The third kappa shape index (κ3) is 4.72. The smallest absolute Gasteiger partial charge is 0.229 e. The van der Waals surface area contributed by atoms with Crippen molar-refractivity contribution in [2.75, 3.05) is 24.3 Å². The Morgan fingerprint density at radius 3 is 2.62 bits per heavy atom. The largest absolute Gasteiger partial charge is 0.496 e. The molecule has 2 N–H and O–H groups in total. The molecule has 1 heterocycles. The maximum atomic E-state index is 5.40. The van der Waals surface area contributed by atoms with E-state index in [0.29, 0.717) is 5.95 Å². The Morgan fingerprint density at radius 2 is 1.81 bits per heavy atom. The van der Waals surface area contributed by atoms with Crippen LogP contribution in [-0.2, 0) is 6.42 Å². The van der Waals surface area contributed by atoms with Crippen LogP contribution in [0.5, 0.6) is 5.75 Å². The van der Waals surface area contributed by atoms with Crippen molar-refractivity contribution < 1.29 is 4.74 Å². The zero-order valence-corrected chi connectivity index (χ0v) is 15.4. The molecule has 0 spiro atoms. The van der Waals surface area contributed by atoms with E-state index in [2.05, 4.69) is 45.7 Å². The Labute approximate surface area is 154 Å². The van der Waals surface area contributed by atoms with Crippen LogP contribution in [0.25, 0.3) is 0 Å². The Kier molecular flexibility index (Phi) is 5.69. The molecule has 0 amide bonds. The summed E-state index contributed by atoms with van der Waals surface area (Å²) < 4.78 is 5.40. The summed E-state index contributed by atoms with van der Waals surface area (Å²) in [5.41, 5.74) is 4.26. The molecule has 134 valence electrons. The highest BCUT2D eigenvalue weighted by atomic mass is 16.5. The van der Waals surface area contributed by atoms with E-state index in [-0.39, 0.29) is 0 Å². The maximum absolute atomic E-state index is 5.40. The third-order valence-electron chi connectivity index (χ3n) is 4.02. The number of hydrogen-bond acceptors (Lipinski definition) is 5. The first-order chi connectivity index (χ1) is 12.6. The Hall–Kier alpha value is -3.08. The lowest BCUT2D eigenvalue weighted by Gasteiger charge is -2.11. The highest BCUT2D eigenvalue weighted by Crippen LogP contribution is 2.19. The summed E-state index contributed by atoms with van der Waals surface area (Å²) in [7, 11) is 1.70. The van der Waals surface area contributed by atoms with Crippen LogP contribution in [0, 0.1) is 13.8 Å². The molecule has 5 heteroatoms. The van der Waals surface area contributed by atoms with E-state index >= 15 is 0 Å². The lowest BCUT2D eigenvalue weighted by Crippen LogP contribution is -2.09.